The largest absolute Gasteiger partial charge is 0.492 e. The molecule has 7 nitrogen and oxygen atoms in total. The second-order valence-corrected chi connectivity index (χ2v) is 8.84. The number of likely N-dealkylation sites (N-methyl/N-ethyl adjacent to an activating group) is 1. The maximum Gasteiger partial charge on any atom is 0.191 e. The molecule has 2 aliphatic heterocycles. The van der Waals surface area contributed by atoms with E-state index < -0.39 is 0 Å². The molecular weight excluding hydrogens is 529 g/mol. The van der Waals surface area contributed by atoms with E-state index in [1.165, 1.54) is 32.4 Å². The Balaban J connectivity index is 0.00000385. The topological polar surface area (TPSA) is 61.4 Å². The lowest BCUT2D eigenvalue weighted by molar-refractivity contribution is 0.0392. The quantitative estimate of drug-likeness (QED) is 0.241. The van der Waals surface area contributed by atoms with Crippen molar-refractivity contribution < 1.29 is 9.47 Å². The minimum Gasteiger partial charge on any atom is -0.492 e. The minimum atomic E-state index is 0. The zero-order chi connectivity index (χ0) is 22.4. The maximum atomic E-state index is 6.04. The Bertz CT molecular complexity index is 679. The fourth-order valence-corrected chi connectivity index (χ4v) is 4.38. The number of ether oxygens (including phenoxy) is 2. The van der Waals surface area contributed by atoms with Crippen molar-refractivity contribution in [3.8, 4) is 5.75 Å². The highest BCUT2D eigenvalue weighted by atomic mass is 127. The van der Waals surface area contributed by atoms with Crippen LogP contribution in [0.15, 0.2) is 29.3 Å². The molecule has 33 heavy (non-hydrogen) atoms. The number of likely N-dealkylation sites (tertiary alicyclic amines) is 1. The van der Waals surface area contributed by atoms with Gasteiger partial charge in [0.2, 0.25) is 0 Å². The third-order valence-electron chi connectivity index (χ3n) is 6.36. The molecule has 8 heteroatoms. The molecule has 2 aliphatic rings. The van der Waals surface area contributed by atoms with Gasteiger partial charge in [0.05, 0.1) is 6.54 Å². The van der Waals surface area contributed by atoms with Crippen LogP contribution in [0.4, 0.5) is 0 Å². The van der Waals surface area contributed by atoms with Gasteiger partial charge in [-0.05, 0) is 70.4 Å². The van der Waals surface area contributed by atoms with Crippen LogP contribution in [-0.4, -0.2) is 87.9 Å². The number of nitrogens with zero attached hydrogens (tertiary/aromatic N) is 3. The third kappa shape index (κ3) is 10.8. The van der Waals surface area contributed by atoms with Crippen molar-refractivity contribution in [1.82, 2.24) is 20.4 Å². The summed E-state index contributed by atoms with van der Waals surface area (Å²) in [7, 11) is 2.19. The molecule has 188 valence electrons. The molecule has 2 N–H and O–H groups in total. The first kappa shape index (κ1) is 28.1. The molecule has 1 aromatic rings. The molecule has 2 saturated heterocycles. The van der Waals surface area contributed by atoms with Gasteiger partial charge in [0.25, 0.3) is 0 Å². The number of hydrogen-bond donors (Lipinski definition) is 2. The highest BCUT2D eigenvalue weighted by Gasteiger charge is 2.18. The van der Waals surface area contributed by atoms with E-state index in [0.29, 0.717) is 19.2 Å². The van der Waals surface area contributed by atoms with Crippen LogP contribution in [0.5, 0.6) is 5.75 Å². The van der Waals surface area contributed by atoms with Gasteiger partial charge in [-0.1, -0.05) is 18.6 Å². The maximum absolute atomic E-state index is 6.04. The summed E-state index contributed by atoms with van der Waals surface area (Å²) in [5, 5.41) is 6.84. The SMILES string of the molecule is CCNC(=NCc1cccc(OCCN(C)C2CCOCC2)c1)NCCN1CCCCC1.I. The standard InChI is InChI=1S/C25H43N5O2.HI/c1-3-26-25(27-12-15-30-13-5-4-6-14-30)28-21-22-8-7-9-24(20-22)32-19-16-29(2)23-10-17-31-18-11-23;/h7-9,20,23H,3-6,10-19,21H2,1-2H3,(H2,26,27,28);1H. The molecule has 0 radical (unpaired) electrons. The van der Waals surface area contributed by atoms with Crippen molar-refractivity contribution in [2.75, 3.05) is 66.1 Å². The third-order valence-corrected chi connectivity index (χ3v) is 6.36. The fraction of sp³-hybridized carbons (Fsp3) is 0.720. The van der Waals surface area contributed by atoms with Gasteiger partial charge in [-0.2, -0.15) is 0 Å². The number of benzene rings is 1. The summed E-state index contributed by atoms with van der Waals surface area (Å²) in [6, 6.07) is 8.92. The van der Waals surface area contributed by atoms with Gasteiger partial charge in [0.15, 0.2) is 5.96 Å². The Morgan fingerprint density at radius 3 is 2.73 bits per heavy atom. The Kier molecular flexibility index (Phi) is 14.1. The summed E-state index contributed by atoms with van der Waals surface area (Å²) < 4.78 is 11.5. The number of hydrogen-bond acceptors (Lipinski definition) is 5. The summed E-state index contributed by atoms with van der Waals surface area (Å²) in [6.45, 7) is 11.4. The van der Waals surface area contributed by atoms with Crippen molar-refractivity contribution in [3.63, 3.8) is 0 Å². The molecule has 3 rings (SSSR count). The lowest BCUT2D eigenvalue weighted by Crippen LogP contribution is -2.42. The van der Waals surface area contributed by atoms with Crippen LogP contribution >= 0.6 is 24.0 Å². The Hall–Kier alpha value is -1.10. The summed E-state index contributed by atoms with van der Waals surface area (Å²) in [5.74, 6) is 1.80. The Labute approximate surface area is 217 Å². The molecule has 2 fully saturated rings. The number of halogens is 1. The number of nitrogens with one attached hydrogen (secondary N) is 2. The first-order valence-corrected chi connectivity index (χ1v) is 12.5. The van der Waals surface area contributed by atoms with Gasteiger partial charge in [-0.3, -0.25) is 4.90 Å². The van der Waals surface area contributed by atoms with Crippen LogP contribution in [0.3, 0.4) is 0 Å². The van der Waals surface area contributed by atoms with E-state index >= 15 is 0 Å². The van der Waals surface area contributed by atoms with Crippen molar-refractivity contribution in [3.05, 3.63) is 29.8 Å². The van der Waals surface area contributed by atoms with Gasteiger partial charge in [-0.15, -0.1) is 24.0 Å². The minimum absolute atomic E-state index is 0. The van der Waals surface area contributed by atoms with Crippen molar-refractivity contribution in [1.29, 1.82) is 0 Å². The predicted molar refractivity (Wildman–Crippen MR) is 147 cm³/mol. The average molecular weight is 574 g/mol. The number of rotatable bonds is 11. The highest BCUT2D eigenvalue weighted by molar-refractivity contribution is 14.0. The van der Waals surface area contributed by atoms with E-state index in [4.69, 9.17) is 14.5 Å². The van der Waals surface area contributed by atoms with Gasteiger partial charge in [0, 0.05) is 45.4 Å². The smallest absolute Gasteiger partial charge is 0.191 e. The molecule has 0 aliphatic carbocycles. The molecule has 0 unspecified atom stereocenters. The molecule has 0 aromatic heterocycles. The van der Waals surface area contributed by atoms with Gasteiger partial charge >= 0.3 is 0 Å². The molecule has 2 heterocycles. The summed E-state index contributed by atoms with van der Waals surface area (Å²) in [5.41, 5.74) is 1.16. The van der Waals surface area contributed by atoms with E-state index in [9.17, 15) is 0 Å². The number of guanidine groups is 1. The van der Waals surface area contributed by atoms with Crippen LogP contribution in [-0.2, 0) is 11.3 Å². The summed E-state index contributed by atoms with van der Waals surface area (Å²) >= 11 is 0. The highest BCUT2D eigenvalue weighted by Crippen LogP contribution is 2.16. The van der Waals surface area contributed by atoms with Crippen molar-refractivity contribution in [2.24, 2.45) is 4.99 Å². The zero-order valence-corrected chi connectivity index (χ0v) is 22.9. The van der Waals surface area contributed by atoms with E-state index in [-0.39, 0.29) is 24.0 Å². The Morgan fingerprint density at radius 1 is 1.18 bits per heavy atom. The van der Waals surface area contributed by atoms with E-state index in [0.717, 1.165) is 69.5 Å². The molecule has 0 atom stereocenters. The monoisotopic (exact) mass is 573 g/mol. The normalized spacial score (nSPS) is 18.1. The lowest BCUT2D eigenvalue weighted by Gasteiger charge is -2.31. The fourth-order valence-electron chi connectivity index (χ4n) is 4.38. The first-order chi connectivity index (χ1) is 15.7. The first-order valence-electron chi connectivity index (χ1n) is 12.5. The molecule has 0 saturated carbocycles. The molecule has 0 bridgehead atoms. The molecule has 0 amide bonds. The van der Waals surface area contributed by atoms with Crippen LogP contribution in [0.2, 0.25) is 0 Å². The van der Waals surface area contributed by atoms with Crippen LogP contribution in [0.25, 0.3) is 0 Å². The van der Waals surface area contributed by atoms with E-state index in [1.807, 2.05) is 6.07 Å². The van der Waals surface area contributed by atoms with Crippen LogP contribution in [0, 0.1) is 0 Å². The Morgan fingerprint density at radius 2 is 1.97 bits per heavy atom. The zero-order valence-electron chi connectivity index (χ0n) is 20.6. The number of piperidine rings is 1. The van der Waals surface area contributed by atoms with Crippen molar-refractivity contribution in [2.45, 2.75) is 51.6 Å². The summed E-state index contributed by atoms with van der Waals surface area (Å²) in [4.78, 5) is 9.72. The predicted octanol–water partition coefficient (Wildman–Crippen LogP) is 3.34. The van der Waals surface area contributed by atoms with Crippen molar-refractivity contribution >= 4 is 29.9 Å². The number of aliphatic imine (C=N–C) groups is 1. The van der Waals surface area contributed by atoms with Gasteiger partial charge in [0.1, 0.15) is 12.4 Å². The van der Waals surface area contributed by atoms with Gasteiger partial charge in [-0.25, -0.2) is 4.99 Å². The lowest BCUT2D eigenvalue weighted by atomic mass is 10.1. The molecule has 0 spiro atoms. The molecule has 1 aromatic carbocycles. The van der Waals surface area contributed by atoms with E-state index in [2.05, 4.69) is 52.6 Å². The second-order valence-electron chi connectivity index (χ2n) is 8.84. The average Bonchev–Trinajstić information content (AvgIpc) is 2.84. The van der Waals surface area contributed by atoms with E-state index in [1.54, 1.807) is 0 Å². The molecular formula is C25H44IN5O2. The second kappa shape index (κ2) is 16.5. The van der Waals surface area contributed by atoms with Crippen LogP contribution in [0.1, 0.15) is 44.6 Å². The van der Waals surface area contributed by atoms with Crippen LogP contribution < -0.4 is 15.4 Å². The summed E-state index contributed by atoms with van der Waals surface area (Å²) in [6.07, 6.45) is 6.27. The van der Waals surface area contributed by atoms with Gasteiger partial charge < -0.3 is 25.0 Å².